The minimum absolute atomic E-state index is 0.227. The van der Waals surface area contributed by atoms with E-state index in [4.69, 9.17) is 14.2 Å². The quantitative estimate of drug-likeness (QED) is 0.721. The van der Waals surface area contributed by atoms with Gasteiger partial charge in [-0.2, -0.15) is 0 Å². The lowest BCUT2D eigenvalue weighted by atomic mass is 10.1. The average molecular weight is 348 g/mol. The molecule has 1 unspecified atom stereocenters. The number of ether oxygens (including phenoxy) is 3. The first-order valence-corrected chi connectivity index (χ1v) is 9.57. The Bertz CT molecular complexity index is 524. The van der Waals surface area contributed by atoms with Crippen molar-refractivity contribution in [3.8, 4) is 11.5 Å². The molecule has 2 aliphatic rings. The highest BCUT2D eigenvalue weighted by Crippen LogP contribution is 2.29. The van der Waals surface area contributed by atoms with E-state index < -0.39 is 0 Å². The lowest BCUT2D eigenvalue weighted by Gasteiger charge is -2.32. The molecule has 5 nitrogen and oxygen atoms in total. The molecule has 0 amide bonds. The van der Waals surface area contributed by atoms with Crippen LogP contribution < -0.4 is 9.47 Å². The highest BCUT2D eigenvalue weighted by atomic mass is 16.5. The monoisotopic (exact) mass is 348 g/mol. The van der Waals surface area contributed by atoms with Crippen molar-refractivity contribution >= 4 is 0 Å². The Hall–Kier alpha value is -1.30. The van der Waals surface area contributed by atoms with Crippen molar-refractivity contribution in [1.82, 2.24) is 9.80 Å². The Morgan fingerprint density at radius 3 is 2.72 bits per heavy atom. The van der Waals surface area contributed by atoms with Crippen LogP contribution in [0.15, 0.2) is 18.2 Å². The standard InChI is InChI=1S/C20H32N2O3/c1-21-10-12-22(13-11-21)9-3-5-17-7-8-19(23-2)20(15-17)25-16-18-6-4-14-24-18/h7-8,15,18H,3-6,9-14,16H2,1-2H3. The number of methoxy groups -OCH3 is 1. The van der Waals surface area contributed by atoms with Crippen molar-refractivity contribution < 1.29 is 14.2 Å². The third-order valence-electron chi connectivity index (χ3n) is 5.21. The van der Waals surface area contributed by atoms with Gasteiger partial charge in [-0.05, 0) is 57.0 Å². The van der Waals surface area contributed by atoms with Crippen molar-refractivity contribution in [3.05, 3.63) is 23.8 Å². The van der Waals surface area contributed by atoms with Crippen molar-refractivity contribution in [2.24, 2.45) is 0 Å². The van der Waals surface area contributed by atoms with Gasteiger partial charge in [0.05, 0.1) is 13.2 Å². The number of hydrogen-bond acceptors (Lipinski definition) is 5. The van der Waals surface area contributed by atoms with Crippen LogP contribution in [-0.2, 0) is 11.2 Å². The van der Waals surface area contributed by atoms with E-state index in [0.29, 0.717) is 6.61 Å². The Labute approximate surface area is 151 Å². The topological polar surface area (TPSA) is 34.2 Å². The van der Waals surface area contributed by atoms with Gasteiger partial charge in [-0.15, -0.1) is 0 Å². The van der Waals surface area contributed by atoms with Crippen molar-refractivity contribution in [2.75, 3.05) is 60.1 Å². The first kappa shape index (κ1) is 18.5. The van der Waals surface area contributed by atoms with Crippen LogP contribution >= 0.6 is 0 Å². The number of hydrogen-bond donors (Lipinski definition) is 0. The summed E-state index contributed by atoms with van der Waals surface area (Å²) >= 11 is 0. The zero-order chi connectivity index (χ0) is 17.5. The van der Waals surface area contributed by atoms with Crippen LogP contribution in [0, 0.1) is 0 Å². The number of rotatable bonds is 8. The molecule has 0 N–H and O–H groups in total. The van der Waals surface area contributed by atoms with Gasteiger partial charge >= 0.3 is 0 Å². The van der Waals surface area contributed by atoms with Gasteiger partial charge in [-0.3, -0.25) is 0 Å². The van der Waals surface area contributed by atoms with E-state index in [1.807, 2.05) is 6.07 Å². The van der Waals surface area contributed by atoms with Gasteiger partial charge in [0.1, 0.15) is 6.61 Å². The second-order valence-electron chi connectivity index (χ2n) is 7.18. The molecule has 2 fully saturated rings. The normalized spacial score (nSPS) is 22.2. The van der Waals surface area contributed by atoms with Crippen molar-refractivity contribution in [2.45, 2.75) is 31.8 Å². The molecule has 0 aliphatic carbocycles. The number of aryl methyl sites for hydroxylation is 1. The predicted octanol–water partition coefficient (Wildman–Crippen LogP) is 2.43. The van der Waals surface area contributed by atoms with Gasteiger partial charge in [0, 0.05) is 32.8 Å². The summed E-state index contributed by atoms with van der Waals surface area (Å²) in [6.45, 7) is 7.39. The molecule has 1 atom stereocenters. The summed E-state index contributed by atoms with van der Waals surface area (Å²) in [7, 11) is 3.90. The third-order valence-corrected chi connectivity index (χ3v) is 5.21. The fourth-order valence-electron chi connectivity index (χ4n) is 3.53. The summed E-state index contributed by atoms with van der Waals surface area (Å²) in [5.74, 6) is 1.65. The smallest absolute Gasteiger partial charge is 0.161 e. The molecule has 25 heavy (non-hydrogen) atoms. The molecule has 0 saturated carbocycles. The van der Waals surface area contributed by atoms with Crippen LogP contribution in [0.1, 0.15) is 24.8 Å². The van der Waals surface area contributed by atoms with Crippen LogP contribution in [0.3, 0.4) is 0 Å². The van der Waals surface area contributed by atoms with E-state index >= 15 is 0 Å². The van der Waals surface area contributed by atoms with Gasteiger partial charge in [0.2, 0.25) is 0 Å². The molecule has 0 bridgehead atoms. The molecule has 2 aliphatic heterocycles. The van der Waals surface area contributed by atoms with E-state index in [1.54, 1.807) is 7.11 Å². The van der Waals surface area contributed by atoms with Gasteiger partial charge in [-0.25, -0.2) is 0 Å². The van der Waals surface area contributed by atoms with Crippen LogP contribution in [-0.4, -0.2) is 76.0 Å². The Kier molecular flexibility index (Phi) is 6.96. The Morgan fingerprint density at radius 1 is 1.16 bits per heavy atom. The molecular weight excluding hydrogens is 316 g/mol. The minimum atomic E-state index is 0.227. The maximum atomic E-state index is 5.99. The van der Waals surface area contributed by atoms with Crippen molar-refractivity contribution in [3.63, 3.8) is 0 Å². The van der Waals surface area contributed by atoms with Crippen LogP contribution in [0.4, 0.5) is 0 Å². The first-order chi connectivity index (χ1) is 12.2. The fraction of sp³-hybridized carbons (Fsp3) is 0.700. The molecule has 0 spiro atoms. The zero-order valence-corrected chi connectivity index (χ0v) is 15.7. The average Bonchev–Trinajstić information content (AvgIpc) is 3.15. The zero-order valence-electron chi connectivity index (χ0n) is 15.7. The summed E-state index contributed by atoms with van der Waals surface area (Å²) in [6, 6.07) is 6.32. The summed E-state index contributed by atoms with van der Waals surface area (Å²) < 4.78 is 17.1. The molecular formula is C20H32N2O3. The first-order valence-electron chi connectivity index (χ1n) is 9.57. The summed E-state index contributed by atoms with van der Waals surface area (Å²) in [6.07, 6.45) is 4.71. The molecule has 0 aromatic heterocycles. The van der Waals surface area contributed by atoms with Gasteiger partial charge in [0.15, 0.2) is 11.5 Å². The molecule has 1 aromatic carbocycles. The summed E-state index contributed by atoms with van der Waals surface area (Å²) in [5, 5.41) is 0. The second-order valence-corrected chi connectivity index (χ2v) is 7.18. The molecule has 3 rings (SSSR count). The number of likely N-dealkylation sites (N-methyl/N-ethyl adjacent to an activating group) is 1. The van der Waals surface area contributed by atoms with Crippen molar-refractivity contribution in [1.29, 1.82) is 0 Å². The van der Waals surface area contributed by atoms with E-state index in [-0.39, 0.29) is 6.10 Å². The Morgan fingerprint density at radius 2 is 2.00 bits per heavy atom. The molecule has 2 saturated heterocycles. The highest BCUT2D eigenvalue weighted by Gasteiger charge is 2.17. The highest BCUT2D eigenvalue weighted by molar-refractivity contribution is 5.43. The summed E-state index contributed by atoms with van der Waals surface area (Å²) in [4.78, 5) is 4.97. The van der Waals surface area contributed by atoms with E-state index in [2.05, 4.69) is 29.0 Å². The Balaban J connectivity index is 1.48. The third kappa shape index (κ3) is 5.59. The molecule has 2 heterocycles. The van der Waals surface area contributed by atoms with E-state index in [1.165, 1.54) is 44.7 Å². The SMILES string of the molecule is COc1ccc(CCCN2CCN(C)CC2)cc1OCC1CCCO1. The fourth-order valence-corrected chi connectivity index (χ4v) is 3.53. The van der Waals surface area contributed by atoms with Crippen LogP contribution in [0.5, 0.6) is 11.5 Å². The molecule has 5 heteroatoms. The lowest BCUT2D eigenvalue weighted by Crippen LogP contribution is -2.44. The van der Waals surface area contributed by atoms with E-state index in [0.717, 1.165) is 37.4 Å². The lowest BCUT2D eigenvalue weighted by molar-refractivity contribution is 0.0669. The van der Waals surface area contributed by atoms with Gasteiger partial charge < -0.3 is 24.0 Å². The second kappa shape index (κ2) is 9.41. The molecule has 0 radical (unpaired) electrons. The van der Waals surface area contributed by atoms with Crippen LogP contribution in [0.2, 0.25) is 0 Å². The maximum absolute atomic E-state index is 5.99. The van der Waals surface area contributed by atoms with E-state index in [9.17, 15) is 0 Å². The van der Waals surface area contributed by atoms with Gasteiger partial charge in [-0.1, -0.05) is 6.07 Å². The van der Waals surface area contributed by atoms with Gasteiger partial charge in [0.25, 0.3) is 0 Å². The van der Waals surface area contributed by atoms with Crippen LogP contribution in [0.25, 0.3) is 0 Å². The largest absolute Gasteiger partial charge is 0.493 e. The number of nitrogens with zero attached hydrogens (tertiary/aromatic N) is 2. The number of piperazine rings is 1. The maximum Gasteiger partial charge on any atom is 0.161 e. The number of benzene rings is 1. The minimum Gasteiger partial charge on any atom is -0.493 e. The molecule has 140 valence electrons. The predicted molar refractivity (Wildman–Crippen MR) is 99.7 cm³/mol. The molecule has 1 aromatic rings. The summed E-state index contributed by atoms with van der Waals surface area (Å²) in [5.41, 5.74) is 1.32.